The van der Waals surface area contributed by atoms with Crippen molar-refractivity contribution in [2.45, 2.75) is 97.0 Å². The fraction of sp³-hybridized carbons (Fsp3) is 0.923. The van der Waals surface area contributed by atoms with Crippen LogP contribution >= 0.6 is 11.6 Å². The Hall–Kier alpha value is -0.0900. The van der Waals surface area contributed by atoms with Crippen LogP contribution in [0.15, 0.2) is 11.6 Å². The smallest absolute Gasteiger partial charge is 0.0373 e. The summed E-state index contributed by atoms with van der Waals surface area (Å²) in [6.07, 6.45) is 11.3. The first kappa shape index (κ1) is 24.6. The molecule has 0 aromatic heterocycles. The molecule has 1 heterocycles. The minimum absolute atomic E-state index is 0.356. The summed E-state index contributed by atoms with van der Waals surface area (Å²) >= 11 is 6.34. The zero-order valence-electron chi connectivity index (χ0n) is 20.4. The number of alkyl halides is 1. The number of halogens is 1. The molecule has 0 aromatic rings. The summed E-state index contributed by atoms with van der Waals surface area (Å²) in [5.41, 5.74) is 2.06. The maximum atomic E-state index is 6.34. The van der Waals surface area contributed by atoms with Crippen molar-refractivity contribution in [2.24, 2.45) is 23.2 Å². The zero-order valence-corrected chi connectivity index (χ0v) is 21.1. The van der Waals surface area contributed by atoms with E-state index in [4.69, 9.17) is 11.6 Å². The normalized spacial score (nSPS) is 33.6. The van der Waals surface area contributed by atoms with Gasteiger partial charge in [0.25, 0.3) is 0 Å². The molecule has 1 saturated carbocycles. The second-order valence-electron chi connectivity index (χ2n) is 11.4. The first-order valence-electron chi connectivity index (χ1n) is 12.8. The Bertz CT molecular complexity index is 558. The first-order chi connectivity index (χ1) is 14.3. The SMILES string of the molecule is CCN[C@H]1CC[C@@H](CN[C@@H](CN2CCC(C3=CCC(Cl)CC3)C(C)(C)C2)C(C)C)C1. The molecule has 2 N–H and O–H groups in total. The lowest BCUT2D eigenvalue weighted by Crippen LogP contribution is -2.52. The highest BCUT2D eigenvalue weighted by atomic mass is 35.5. The average molecular weight is 438 g/mol. The van der Waals surface area contributed by atoms with Crippen molar-refractivity contribution in [1.29, 1.82) is 0 Å². The molecule has 4 heteroatoms. The van der Waals surface area contributed by atoms with E-state index in [0.29, 0.717) is 22.8 Å². The Morgan fingerprint density at radius 3 is 2.63 bits per heavy atom. The molecule has 0 aromatic carbocycles. The van der Waals surface area contributed by atoms with Gasteiger partial charge < -0.3 is 15.5 Å². The van der Waals surface area contributed by atoms with E-state index in [0.717, 1.165) is 30.8 Å². The monoisotopic (exact) mass is 437 g/mol. The van der Waals surface area contributed by atoms with E-state index in [1.54, 1.807) is 5.57 Å². The van der Waals surface area contributed by atoms with Gasteiger partial charge in [-0.1, -0.05) is 46.3 Å². The molecule has 0 bridgehead atoms. The predicted molar refractivity (Wildman–Crippen MR) is 131 cm³/mol. The van der Waals surface area contributed by atoms with Crippen molar-refractivity contribution in [1.82, 2.24) is 15.5 Å². The second kappa shape index (κ2) is 11.2. The molecule has 0 spiro atoms. The van der Waals surface area contributed by atoms with E-state index in [1.807, 2.05) is 0 Å². The maximum Gasteiger partial charge on any atom is 0.0373 e. The van der Waals surface area contributed by atoms with Crippen molar-refractivity contribution < 1.29 is 0 Å². The van der Waals surface area contributed by atoms with Gasteiger partial charge >= 0.3 is 0 Å². The third-order valence-electron chi connectivity index (χ3n) is 8.10. The number of allylic oxidation sites excluding steroid dienone is 2. The molecule has 30 heavy (non-hydrogen) atoms. The molecule has 2 unspecified atom stereocenters. The quantitative estimate of drug-likeness (QED) is 0.371. The highest BCUT2D eigenvalue weighted by Crippen LogP contribution is 2.43. The Morgan fingerprint density at radius 2 is 2.00 bits per heavy atom. The minimum atomic E-state index is 0.356. The summed E-state index contributed by atoms with van der Waals surface area (Å²) in [6.45, 7) is 17.9. The van der Waals surface area contributed by atoms with Crippen molar-refractivity contribution in [3.8, 4) is 0 Å². The van der Waals surface area contributed by atoms with Crippen molar-refractivity contribution in [3.63, 3.8) is 0 Å². The number of nitrogens with one attached hydrogen (secondary N) is 2. The van der Waals surface area contributed by atoms with Crippen LogP contribution in [-0.4, -0.2) is 55.1 Å². The number of hydrogen-bond acceptors (Lipinski definition) is 3. The van der Waals surface area contributed by atoms with E-state index in [2.05, 4.69) is 56.2 Å². The van der Waals surface area contributed by atoms with E-state index in [9.17, 15) is 0 Å². The van der Waals surface area contributed by atoms with Crippen LogP contribution in [0.5, 0.6) is 0 Å². The Kier molecular flexibility index (Phi) is 9.14. The van der Waals surface area contributed by atoms with Gasteiger partial charge in [0, 0.05) is 30.6 Å². The van der Waals surface area contributed by atoms with Gasteiger partial charge in [-0.25, -0.2) is 0 Å². The molecule has 3 aliphatic rings. The third-order valence-corrected chi connectivity index (χ3v) is 8.50. The fourth-order valence-electron chi connectivity index (χ4n) is 6.29. The third kappa shape index (κ3) is 6.70. The van der Waals surface area contributed by atoms with Crippen LogP contribution in [0, 0.1) is 23.2 Å². The van der Waals surface area contributed by atoms with Crippen LogP contribution in [0.4, 0.5) is 0 Å². The van der Waals surface area contributed by atoms with Gasteiger partial charge in [-0.05, 0) is 87.7 Å². The fourth-order valence-corrected chi connectivity index (χ4v) is 6.49. The summed E-state index contributed by atoms with van der Waals surface area (Å²) in [6, 6.07) is 1.35. The number of hydrogen-bond donors (Lipinski definition) is 2. The number of piperidine rings is 1. The lowest BCUT2D eigenvalue weighted by Gasteiger charge is -2.47. The van der Waals surface area contributed by atoms with Crippen LogP contribution in [-0.2, 0) is 0 Å². The van der Waals surface area contributed by atoms with Crippen LogP contribution in [0.3, 0.4) is 0 Å². The summed E-state index contributed by atoms with van der Waals surface area (Å²) in [5, 5.41) is 7.99. The molecular formula is C26H48ClN3. The molecule has 2 aliphatic carbocycles. The molecule has 2 fully saturated rings. The Balaban J connectivity index is 1.49. The van der Waals surface area contributed by atoms with Crippen LogP contribution < -0.4 is 10.6 Å². The lowest BCUT2D eigenvalue weighted by atomic mass is 9.68. The Morgan fingerprint density at radius 1 is 1.20 bits per heavy atom. The second-order valence-corrected chi connectivity index (χ2v) is 12.0. The summed E-state index contributed by atoms with van der Waals surface area (Å²) < 4.78 is 0. The van der Waals surface area contributed by atoms with Gasteiger partial charge in [0.15, 0.2) is 0 Å². The van der Waals surface area contributed by atoms with Crippen molar-refractivity contribution in [2.75, 3.05) is 32.7 Å². The number of rotatable bonds is 9. The minimum Gasteiger partial charge on any atom is -0.314 e. The molecule has 5 atom stereocenters. The largest absolute Gasteiger partial charge is 0.314 e. The predicted octanol–water partition coefficient (Wildman–Crippen LogP) is 5.44. The standard InChI is InChI=1S/C26H48ClN3/c1-6-28-23-12-7-20(15-23)16-29-25(19(2)3)17-30-14-13-24(26(4,5)18-30)21-8-10-22(27)11-9-21/h8,19-20,22-25,28-29H,6-7,9-18H2,1-5H3/t20-,22?,23+,24?,25+/m1/s1. The highest BCUT2D eigenvalue weighted by Gasteiger charge is 2.39. The van der Waals surface area contributed by atoms with Gasteiger partial charge in [-0.15, -0.1) is 11.6 Å². The van der Waals surface area contributed by atoms with E-state index < -0.39 is 0 Å². The average Bonchev–Trinajstić information content (AvgIpc) is 3.13. The first-order valence-corrected chi connectivity index (χ1v) is 13.2. The molecule has 3 nitrogen and oxygen atoms in total. The zero-order chi connectivity index (χ0) is 21.7. The Labute approximate surface area is 191 Å². The maximum absolute atomic E-state index is 6.34. The van der Waals surface area contributed by atoms with E-state index in [1.165, 1.54) is 64.7 Å². The van der Waals surface area contributed by atoms with Gasteiger partial charge in [0.1, 0.15) is 0 Å². The van der Waals surface area contributed by atoms with E-state index in [-0.39, 0.29) is 0 Å². The number of nitrogens with zero attached hydrogens (tertiary/aromatic N) is 1. The highest BCUT2D eigenvalue weighted by molar-refractivity contribution is 6.20. The lowest BCUT2D eigenvalue weighted by molar-refractivity contribution is 0.0594. The van der Waals surface area contributed by atoms with Gasteiger partial charge in [-0.2, -0.15) is 0 Å². The molecule has 0 amide bonds. The molecule has 0 radical (unpaired) electrons. The number of likely N-dealkylation sites (tertiary alicyclic amines) is 1. The molecule has 3 rings (SSSR count). The van der Waals surface area contributed by atoms with Gasteiger partial charge in [-0.3, -0.25) is 0 Å². The molecule has 174 valence electrons. The molecule has 1 aliphatic heterocycles. The topological polar surface area (TPSA) is 27.3 Å². The van der Waals surface area contributed by atoms with Crippen LogP contribution in [0.2, 0.25) is 0 Å². The van der Waals surface area contributed by atoms with Gasteiger partial charge in [0.05, 0.1) is 0 Å². The summed E-state index contributed by atoms with van der Waals surface area (Å²) in [5.74, 6) is 2.27. The van der Waals surface area contributed by atoms with Crippen molar-refractivity contribution >= 4 is 11.6 Å². The van der Waals surface area contributed by atoms with Crippen LogP contribution in [0.25, 0.3) is 0 Å². The summed E-state index contributed by atoms with van der Waals surface area (Å²) in [7, 11) is 0. The molecule has 1 saturated heterocycles. The van der Waals surface area contributed by atoms with Crippen LogP contribution in [0.1, 0.15) is 79.6 Å². The van der Waals surface area contributed by atoms with E-state index >= 15 is 0 Å². The van der Waals surface area contributed by atoms with Crippen molar-refractivity contribution in [3.05, 3.63) is 11.6 Å². The molecular weight excluding hydrogens is 390 g/mol. The van der Waals surface area contributed by atoms with Gasteiger partial charge in [0.2, 0.25) is 0 Å². The summed E-state index contributed by atoms with van der Waals surface area (Å²) in [4.78, 5) is 2.75.